The molecule has 1 atom stereocenters. The van der Waals surface area contributed by atoms with Gasteiger partial charge in [-0.25, -0.2) is 4.79 Å². The fraction of sp³-hybridized carbons (Fsp3) is 0.500. The van der Waals surface area contributed by atoms with Crippen LogP contribution < -0.4 is 5.73 Å². The quantitative estimate of drug-likeness (QED) is 0.834. The topological polar surface area (TPSA) is 52.3 Å². The largest absolute Gasteiger partial charge is 0.464 e. The summed E-state index contributed by atoms with van der Waals surface area (Å²) in [6.45, 7) is 0.460. The normalized spacial score (nSPS) is 17.0. The number of hydrogen-bond acceptors (Lipinski definition) is 3. The zero-order valence-corrected chi connectivity index (χ0v) is 11.0. The minimum Gasteiger partial charge on any atom is -0.464 e. The number of benzene rings is 1. The molecule has 3 nitrogen and oxygen atoms in total. The van der Waals surface area contributed by atoms with Crippen molar-refractivity contribution < 1.29 is 9.53 Å². The van der Waals surface area contributed by atoms with Crippen LogP contribution in [-0.2, 0) is 9.53 Å². The third kappa shape index (κ3) is 3.24. The summed E-state index contributed by atoms with van der Waals surface area (Å²) in [6.07, 6.45) is 4.76. The van der Waals surface area contributed by atoms with Gasteiger partial charge < -0.3 is 10.5 Å². The Morgan fingerprint density at radius 1 is 1.44 bits per heavy atom. The van der Waals surface area contributed by atoms with Crippen molar-refractivity contribution in [1.82, 2.24) is 0 Å². The molecule has 1 aromatic carbocycles. The molecule has 1 fully saturated rings. The maximum atomic E-state index is 11.8. The third-order valence-electron chi connectivity index (χ3n) is 3.49. The van der Waals surface area contributed by atoms with Crippen molar-refractivity contribution in [3.63, 3.8) is 0 Å². The van der Waals surface area contributed by atoms with Crippen LogP contribution in [0, 0.1) is 5.92 Å². The first kappa shape index (κ1) is 13.4. The molecule has 0 saturated heterocycles. The summed E-state index contributed by atoms with van der Waals surface area (Å²) >= 11 is 5.99. The average Bonchev–Trinajstić information content (AvgIpc) is 2.32. The summed E-state index contributed by atoms with van der Waals surface area (Å²) in [4.78, 5) is 11.8. The SMILES string of the molecule is N[C@@H](C(=O)OCCC1CCC1)c1ccccc1Cl. The molecule has 18 heavy (non-hydrogen) atoms. The van der Waals surface area contributed by atoms with E-state index >= 15 is 0 Å². The van der Waals surface area contributed by atoms with Crippen molar-refractivity contribution in [2.75, 3.05) is 6.61 Å². The lowest BCUT2D eigenvalue weighted by Gasteiger charge is -2.25. The first-order chi connectivity index (χ1) is 8.68. The number of carbonyl (C=O) groups is 1. The van der Waals surface area contributed by atoms with Crippen LogP contribution >= 0.6 is 11.6 Å². The number of halogens is 1. The van der Waals surface area contributed by atoms with E-state index in [0.29, 0.717) is 17.2 Å². The molecule has 0 heterocycles. The molecule has 1 aliphatic carbocycles. The Bertz CT molecular complexity index is 418. The molecule has 0 radical (unpaired) electrons. The minimum absolute atomic E-state index is 0.401. The van der Waals surface area contributed by atoms with Crippen LogP contribution in [-0.4, -0.2) is 12.6 Å². The van der Waals surface area contributed by atoms with Gasteiger partial charge in [0, 0.05) is 5.02 Å². The van der Waals surface area contributed by atoms with Crippen LogP contribution in [0.25, 0.3) is 0 Å². The standard InChI is InChI=1S/C14H18ClNO2/c15-12-7-2-1-6-11(12)13(16)14(17)18-9-8-10-4-3-5-10/h1-2,6-7,10,13H,3-5,8-9,16H2/t13-/m1/s1. The number of ether oxygens (including phenoxy) is 1. The molecule has 98 valence electrons. The van der Waals surface area contributed by atoms with Crippen LogP contribution in [0.2, 0.25) is 5.02 Å². The van der Waals surface area contributed by atoms with E-state index in [9.17, 15) is 4.79 Å². The Hall–Kier alpha value is -1.06. The van der Waals surface area contributed by atoms with E-state index in [0.717, 1.165) is 12.3 Å². The highest BCUT2D eigenvalue weighted by molar-refractivity contribution is 6.31. The summed E-state index contributed by atoms with van der Waals surface area (Å²) in [7, 11) is 0. The van der Waals surface area contributed by atoms with E-state index in [-0.39, 0.29) is 0 Å². The molecule has 0 unspecified atom stereocenters. The lowest BCUT2D eigenvalue weighted by molar-refractivity contribution is -0.145. The van der Waals surface area contributed by atoms with E-state index in [1.807, 2.05) is 6.07 Å². The second-order valence-corrected chi connectivity index (χ2v) is 5.16. The number of nitrogens with two attached hydrogens (primary N) is 1. The maximum Gasteiger partial charge on any atom is 0.327 e. The Labute approximate surface area is 112 Å². The van der Waals surface area contributed by atoms with Crippen molar-refractivity contribution in [2.24, 2.45) is 11.7 Å². The van der Waals surface area contributed by atoms with Gasteiger partial charge in [-0.05, 0) is 24.0 Å². The molecular weight excluding hydrogens is 250 g/mol. The van der Waals surface area contributed by atoms with Gasteiger partial charge in [-0.15, -0.1) is 0 Å². The smallest absolute Gasteiger partial charge is 0.327 e. The van der Waals surface area contributed by atoms with Gasteiger partial charge in [0.25, 0.3) is 0 Å². The minimum atomic E-state index is -0.792. The molecule has 2 rings (SSSR count). The molecule has 1 aliphatic rings. The molecule has 4 heteroatoms. The molecule has 0 amide bonds. The number of carbonyl (C=O) groups excluding carboxylic acids is 1. The van der Waals surface area contributed by atoms with Crippen molar-refractivity contribution in [3.8, 4) is 0 Å². The van der Waals surface area contributed by atoms with E-state index in [1.54, 1.807) is 18.2 Å². The summed E-state index contributed by atoms with van der Waals surface area (Å²) in [5.41, 5.74) is 6.46. The van der Waals surface area contributed by atoms with Crippen molar-refractivity contribution in [1.29, 1.82) is 0 Å². The predicted molar refractivity (Wildman–Crippen MR) is 71.3 cm³/mol. The average molecular weight is 268 g/mol. The summed E-state index contributed by atoms with van der Waals surface area (Å²) in [6, 6.07) is 6.29. The fourth-order valence-electron chi connectivity index (χ4n) is 2.05. The van der Waals surface area contributed by atoms with Gasteiger partial charge in [0.05, 0.1) is 6.61 Å². The maximum absolute atomic E-state index is 11.8. The number of esters is 1. The van der Waals surface area contributed by atoms with Gasteiger partial charge in [-0.1, -0.05) is 49.1 Å². The Kier molecular flexibility index (Phi) is 4.61. The molecule has 0 aromatic heterocycles. The summed E-state index contributed by atoms with van der Waals surface area (Å²) in [5, 5.41) is 0.501. The van der Waals surface area contributed by atoms with Crippen LogP contribution in [0.3, 0.4) is 0 Å². The zero-order chi connectivity index (χ0) is 13.0. The lowest BCUT2D eigenvalue weighted by Crippen LogP contribution is -2.25. The molecule has 1 saturated carbocycles. The molecule has 0 bridgehead atoms. The summed E-state index contributed by atoms with van der Waals surface area (Å²) in [5.74, 6) is 0.330. The van der Waals surface area contributed by atoms with Gasteiger partial charge in [-0.3, -0.25) is 0 Å². The highest BCUT2D eigenvalue weighted by Crippen LogP contribution is 2.29. The molecule has 1 aromatic rings. The first-order valence-electron chi connectivity index (χ1n) is 6.35. The van der Waals surface area contributed by atoms with Gasteiger partial charge in [0.2, 0.25) is 0 Å². The van der Waals surface area contributed by atoms with Crippen molar-refractivity contribution in [3.05, 3.63) is 34.9 Å². The highest BCUT2D eigenvalue weighted by Gasteiger charge is 2.21. The monoisotopic (exact) mass is 267 g/mol. The second kappa shape index (κ2) is 6.21. The van der Waals surface area contributed by atoms with Gasteiger partial charge >= 0.3 is 5.97 Å². The van der Waals surface area contributed by atoms with Gasteiger partial charge in [-0.2, -0.15) is 0 Å². The van der Waals surface area contributed by atoms with Crippen LogP contribution in [0.15, 0.2) is 24.3 Å². The van der Waals surface area contributed by atoms with E-state index < -0.39 is 12.0 Å². The number of hydrogen-bond donors (Lipinski definition) is 1. The van der Waals surface area contributed by atoms with E-state index in [1.165, 1.54) is 19.3 Å². The Balaban J connectivity index is 1.82. The number of rotatable bonds is 5. The third-order valence-corrected chi connectivity index (χ3v) is 3.83. The zero-order valence-electron chi connectivity index (χ0n) is 10.3. The highest BCUT2D eigenvalue weighted by atomic mass is 35.5. The second-order valence-electron chi connectivity index (χ2n) is 4.75. The van der Waals surface area contributed by atoms with Crippen LogP contribution in [0.4, 0.5) is 0 Å². The molecule has 0 spiro atoms. The van der Waals surface area contributed by atoms with Gasteiger partial charge in [0.1, 0.15) is 6.04 Å². The predicted octanol–water partition coefficient (Wildman–Crippen LogP) is 3.07. The Morgan fingerprint density at radius 3 is 2.78 bits per heavy atom. The van der Waals surface area contributed by atoms with E-state index in [4.69, 9.17) is 22.1 Å². The van der Waals surface area contributed by atoms with Crippen molar-refractivity contribution >= 4 is 17.6 Å². The molecule has 2 N–H and O–H groups in total. The summed E-state index contributed by atoms with van der Waals surface area (Å²) < 4.78 is 5.20. The first-order valence-corrected chi connectivity index (χ1v) is 6.73. The lowest BCUT2D eigenvalue weighted by atomic mass is 9.83. The fourth-order valence-corrected chi connectivity index (χ4v) is 2.31. The Morgan fingerprint density at radius 2 is 2.17 bits per heavy atom. The van der Waals surface area contributed by atoms with E-state index in [2.05, 4.69) is 0 Å². The molecular formula is C14H18ClNO2. The van der Waals surface area contributed by atoms with Crippen LogP contribution in [0.1, 0.15) is 37.3 Å². The van der Waals surface area contributed by atoms with Crippen molar-refractivity contribution in [2.45, 2.75) is 31.7 Å². The van der Waals surface area contributed by atoms with Crippen LogP contribution in [0.5, 0.6) is 0 Å². The van der Waals surface area contributed by atoms with Gasteiger partial charge in [0.15, 0.2) is 0 Å². The molecule has 0 aliphatic heterocycles.